The minimum absolute atomic E-state index is 0.148. The third-order valence-corrected chi connectivity index (χ3v) is 6.32. The SMILES string of the molecule is Cc1ccc2c(c1)c1c3n2CC(c2ccc(F)cc2)CCC3CN(C)C1. The summed E-state index contributed by atoms with van der Waals surface area (Å²) < 4.78 is 16.0. The lowest BCUT2D eigenvalue weighted by atomic mass is 9.88. The lowest BCUT2D eigenvalue weighted by molar-refractivity contribution is 0.272. The van der Waals surface area contributed by atoms with Crippen molar-refractivity contribution in [2.45, 2.75) is 44.7 Å². The van der Waals surface area contributed by atoms with Crippen molar-refractivity contribution in [2.75, 3.05) is 13.6 Å². The Morgan fingerprint density at radius 1 is 0.962 bits per heavy atom. The summed E-state index contributed by atoms with van der Waals surface area (Å²) in [5.74, 6) is 0.902. The molecule has 3 heterocycles. The maximum atomic E-state index is 13.4. The van der Waals surface area contributed by atoms with Crippen LogP contribution in [0.25, 0.3) is 10.9 Å². The lowest BCUT2D eigenvalue weighted by Gasteiger charge is -2.30. The fourth-order valence-electron chi connectivity index (χ4n) is 5.13. The quantitative estimate of drug-likeness (QED) is 0.587. The Kier molecular flexibility index (Phi) is 3.68. The fraction of sp³-hybridized carbons (Fsp3) is 0.391. The Morgan fingerprint density at radius 3 is 2.54 bits per heavy atom. The molecule has 0 aliphatic carbocycles. The Hall–Kier alpha value is -2.13. The van der Waals surface area contributed by atoms with E-state index in [1.165, 1.54) is 40.4 Å². The Balaban J connectivity index is 1.67. The van der Waals surface area contributed by atoms with E-state index in [2.05, 4.69) is 41.6 Å². The van der Waals surface area contributed by atoms with Gasteiger partial charge < -0.3 is 9.47 Å². The van der Waals surface area contributed by atoms with Crippen LogP contribution < -0.4 is 0 Å². The molecule has 0 amide bonds. The second-order valence-corrected chi connectivity index (χ2v) is 8.21. The highest BCUT2D eigenvalue weighted by atomic mass is 19.1. The molecule has 134 valence electrons. The summed E-state index contributed by atoms with van der Waals surface area (Å²) in [6.07, 6.45) is 2.37. The average Bonchev–Trinajstić information content (AvgIpc) is 2.79. The number of aryl methyl sites for hydroxylation is 1. The van der Waals surface area contributed by atoms with Crippen molar-refractivity contribution >= 4 is 10.9 Å². The van der Waals surface area contributed by atoms with Crippen LogP contribution in [0.1, 0.15) is 47.1 Å². The molecule has 3 aromatic rings. The van der Waals surface area contributed by atoms with E-state index < -0.39 is 0 Å². The maximum absolute atomic E-state index is 13.4. The van der Waals surface area contributed by atoms with Crippen LogP contribution in [-0.2, 0) is 13.1 Å². The standard InChI is InChI=1S/C23H25FN2/c1-15-3-10-22-20(11-15)21-14-25(2)12-18-5-4-17(13-26(22)23(18)21)16-6-8-19(24)9-7-16/h3,6-11,17-18H,4-5,12-14H2,1-2H3. The molecule has 0 spiro atoms. The highest BCUT2D eigenvalue weighted by Crippen LogP contribution is 2.43. The zero-order valence-electron chi connectivity index (χ0n) is 15.5. The molecule has 3 heteroatoms. The summed E-state index contributed by atoms with van der Waals surface area (Å²) in [6, 6.07) is 14.0. The van der Waals surface area contributed by atoms with E-state index in [0.717, 1.165) is 19.6 Å². The third-order valence-electron chi connectivity index (χ3n) is 6.32. The van der Waals surface area contributed by atoms with Crippen molar-refractivity contribution in [3.05, 3.63) is 70.7 Å². The Labute approximate surface area is 154 Å². The largest absolute Gasteiger partial charge is 0.343 e. The minimum atomic E-state index is -0.148. The number of nitrogens with zero attached hydrogens (tertiary/aromatic N) is 2. The van der Waals surface area contributed by atoms with E-state index in [0.29, 0.717) is 11.8 Å². The van der Waals surface area contributed by atoms with Gasteiger partial charge in [0.15, 0.2) is 0 Å². The van der Waals surface area contributed by atoms with Crippen LogP contribution in [0.15, 0.2) is 42.5 Å². The molecule has 0 saturated heterocycles. The molecule has 0 N–H and O–H groups in total. The van der Waals surface area contributed by atoms with Crippen molar-refractivity contribution in [1.29, 1.82) is 0 Å². The van der Waals surface area contributed by atoms with Crippen molar-refractivity contribution in [3.63, 3.8) is 0 Å². The van der Waals surface area contributed by atoms with Gasteiger partial charge in [-0.05, 0) is 62.2 Å². The smallest absolute Gasteiger partial charge is 0.123 e. The third kappa shape index (κ3) is 2.49. The van der Waals surface area contributed by atoms with Gasteiger partial charge in [0.1, 0.15) is 5.82 Å². The second kappa shape index (κ2) is 5.95. The van der Waals surface area contributed by atoms with E-state index in [1.54, 1.807) is 17.8 Å². The number of aromatic nitrogens is 1. The van der Waals surface area contributed by atoms with Crippen LogP contribution in [0.3, 0.4) is 0 Å². The molecule has 0 fully saturated rings. The summed E-state index contributed by atoms with van der Waals surface area (Å²) in [4.78, 5) is 2.47. The first kappa shape index (κ1) is 16.1. The van der Waals surface area contributed by atoms with Crippen LogP contribution in [-0.4, -0.2) is 23.1 Å². The first-order valence-corrected chi connectivity index (χ1v) is 9.66. The zero-order chi connectivity index (χ0) is 17.8. The van der Waals surface area contributed by atoms with E-state index in [1.807, 2.05) is 12.1 Å². The van der Waals surface area contributed by atoms with Crippen LogP contribution in [0.2, 0.25) is 0 Å². The molecule has 2 nitrogen and oxygen atoms in total. The van der Waals surface area contributed by atoms with Gasteiger partial charge in [0.05, 0.1) is 0 Å². The van der Waals surface area contributed by atoms with E-state index >= 15 is 0 Å². The number of hydrogen-bond acceptors (Lipinski definition) is 1. The highest BCUT2D eigenvalue weighted by Gasteiger charge is 2.33. The van der Waals surface area contributed by atoms with Crippen molar-refractivity contribution < 1.29 is 4.39 Å². The van der Waals surface area contributed by atoms with Gasteiger partial charge >= 0.3 is 0 Å². The van der Waals surface area contributed by atoms with Gasteiger partial charge in [0, 0.05) is 48.1 Å². The summed E-state index contributed by atoms with van der Waals surface area (Å²) in [6.45, 7) is 5.36. The molecular formula is C23H25FN2. The number of benzene rings is 2. The Morgan fingerprint density at radius 2 is 1.73 bits per heavy atom. The minimum Gasteiger partial charge on any atom is -0.343 e. The number of halogens is 1. The van der Waals surface area contributed by atoms with Crippen molar-refractivity contribution in [2.24, 2.45) is 0 Å². The molecule has 26 heavy (non-hydrogen) atoms. The molecule has 2 unspecified atom stereocenters. The maximum Gasteiger partial charge on any atom is 0.123 e. The number of hydrogen-bond donors (Lipinski definition) is 0. The molecule has 2 aromatic carbocycles. The molecular weight excluding hydrogens is 323 g/mol. The molecule has 2 atom stereocenters. The van der Waals surface area contributed by atoms with E-state index in [4.69, 9.17) is 0 Å². The monoisotopic (exact) mass is 348 g/mol. The molecule has 2 aliphatic rings. The molecule has 0 radical (unpaired) electrons. The number of fused-ring (bicyclic) bond motifs is 3. The molecule has 1 aromatic heterocycles. The molecule has 0 saturated carbocycles. The van der Waals surface area contributed by atoms with E-state index in [9.17, 15) is 4.39 Å². The van der Waals surface area contributed by atoms with Crippen LogP contribution in [0.5, 0.6) is 0 Å². The first-order valence-electron chi connectivity index (χ1n) is 9.66. The lowest BCUT2D eigenvalue weighted by Crippen LogP contribution is -2.30. The van der Waals surface area contributed by atoms with Gasteiger partial charge in [0.2, 0.25) is 0 Å². The topological polar surface area (TPSA) is 8.17 Å². The van der Waals surface area contributed by atoms with Crippen molar-refractivity contribution in [3.8, 4) is 0 Å². The van der Waals surface area contributed by atoms with Gasteiger partial charge in [-0.25, -0.2) is 4.39 Å². The normalized spacial score (nSPS) is 23.0. The number of rotatable bonds is 1. The van der Waals surface area contributed by atoms with Crippen LogP contribution in [0, 0.1) is 12.7 Å². The first-order chi connectivity index (χ1) is 12.6. The average molecular weight is 348 g/mol. The zero-order valence-corrected chi connectivity index (χ0v) is 15.5. The van der Waals surface area contributed by atoms with Gasteiger partial charge in [-0.15, -0.1) is 0 Å². The fourth-order valence-corrected chi connectivity index (χ4v) is 5.13. The molecule has 0 bridgehead atoms. The van der Waals surface area contributed by atoms with Crippen molar-refractivity contribution in [1.82, 2.24) is 9.47 Å². The predicted octanol–water partition coefficient (Wildman–Crippen LogP) is 5.20. The summed E-state index contributed by atoms with van der Waals surface area (Å²) in [7, 11) is 2.24. The van der Waals surface area contributed by atoms with Crippen LogP contribution >= 0.6 is 0 Å². The highest BCUT2D eigenvalue weighted by molar-refractivity contribution is 5.87. The van der Waals surface area contributed by atoms with Gasteiger partial charge in [-0.2, -0.15) is 0 Å². The summed E-state index contributed by atoms with van der Waals surface area (Å²) in [5.41, 5.74) is 7.06. The van der Waals surface area contributed by atoms with Crippen LogP contribution in [0.4, 0.5) is 4.39 Å². The Bertz CT molecular complexity index is 970. The van der Waals surface area contributed by atoms with Gasteiger partial charge in [-0.1, -0.05) is 23.8 Å². The summed E-state index contributed by atoms with van der Waals surface area (Å²) in [5, 5.41) is 1.43. The predicted molar refractivity (Wildman–Crippen MR) is 104 cm³/mol. The summed E-state index contributed by atoms with van der Waals surface area (Å²) >= 11 is 0. The molecule has 2 aliphatic heterocycles. The van der Waals surface area contributed by atoms with Gasteiger partial charge in [-0.3, -0.25) is 0 Å². The second-order valence-electron chi connectivity index (χ2n) is 8.21. The van der Waals surface area contributed by atoms with Gasteiger partial charge in [0.25, 0.3) is 0 Å². The molecule has 5 rings (SSSR count). The number of likely N-dealkylation sites (N-methyl/N-ethyl adjacent to an activating group) is 1. The van der Waals surface area contributed by atoms with E-state index in [-0.39, 0.29) is 5.82 Å².